The summed E-state index contributed by atoms with van der Waals surface area (Å²) < 4.78 is 0. The van der Waals surface area contributed by atoms with Gasteiger partial charge in [0.1, 0.15) is 0 Å². The molecule has 2 aromatic rings. The van der Waals surface area contributed by atoms with E-state index in [1.54, 1.807) is 11.3 Å². The second-order valence-corrected chi connectivity index (χ2v) is 6.33. The largest absolute Gasteiger partial charge is 0.314 e. The van der Waals surface area contributed by atoms with Gasteiger partial charge in [-0.25, -0.2) is 0 Å². The molecule has 1 aliphatic heterocycles. The van der Waals surface area contributed by atoms with E-state index in [1.165, 1.54) is 11.1 Å². The van der Waals surface area contributed by atoms with Crippen LogP contribution < -0.4 is 5.32 Å². The van der Waals surface area contributed by atoms with E-state index in [-0.39, 0.29) is 0 Å². The fraction of sp³-hybridized carbons (Fsp3) is 0.412. The van der Waals surface area contributed by atoms with Crippen LogP contribution in [0.25, 0.3) is 0 Å². The third-order valence-corrected chi connectivity index (χ3v) is 4.88. The minimum absolute atomic E-state index is 0.499. The first kappa shape index (κ1) is 13.8. The first-order chi connectivity index (χ1) is 9.84. The Bertz CT molecular complexity index is 509. The van der Waals surface area contributed by atoms with Crippen molar-refractivity contribution >= 4 is 11.3 Å². The predicted molar refractivity (Wildman–Crippen MR) is 86.2 cm³/mol. The molecule has 1 aromatic heterocycles. The molecule has 0 spiro atoms. The van der Waals surface area contributed by atoms with Crippen LogP contribution in [0.4, 0.5) is 0 Å². The highest BCUT2D eigenvalue weighted by atomic mass is 32.1. The Morgan fingerprint density at radius 1 is 1.30 bits per heavy atom. The number of thiophene rings is 1. The lowest BCUT2D eigenvalue weighted by atomic mass is 9.99. The van der Waals surface area contributed by atoms with E-state index >= 15 is 0 Å². The lowest BCUT2D eigenvalue weighted by Crippen LogP contribution is -2.50. The molecule has 1 aromatic carbocycles. The van der Waals surface area contributed by atoms with E-state index in [2.05, 4.69) is 64.3 Å². The van der Waals surface area contributed by atoms with Crippen LogP contribution in [0.2, 0.25) is 0 Å². The van der Waals surface area contributed by atoms with E-state index in [0.29, 0.717) is 12.1 Å². The average Bonchev–Trinajstić information content (AvgIpc) is 3.01. The van der Waals surface area contributed by atoms with Gasteiger partial charge in [-0.3, -0.25) is 4.90 Å². The fourth-order valence-corrected chi connectivity index (χ4v) is 3.78. The Labute approximate surface area is 125 Å². The van der Waals surface area contributed by atoms with Gasteiger partial charge >= 0.3 is 0 Å². The summed E-state index contributed by atoms with van der Waals surface area (Å²) >= 11 is 1.79. The molecule has 0 amide bonds. The summed E-state index contributed by atoms with van der Waals surface area (Å²) in [5, 5.41) is 7.99. The standard InChI is InChI=1S/C17H22N2S/c1-14(11-15-7-10-20-13-15)19-9-8-18-12-17(19)16-5-3-2-4-6-16/h2-7,10,13-14,17-18H,8-9,11-12H2,1H3. The molecule has 0 aliphatic carbocycles. The number of benzene rings is 1. The zero-order chi connectivity index (χ0) is 13.8. The summed E-state index contributed by atoms with van der Waals surface area (Å²) in [6.07, 6.45) is 1.15. The molecule has 2 heterocycles. The second kappa shape index (κ2) is 6.53. The van der Waals surface area contributed by atoms with Crippen molar-refractivity contribution in [1.29, 1.82) is 0 Å². The Kier molecular flexibility index (Phi) is 4.51. The lowest BCUT2D eigenvalue weighted by molar-refractivity contribution is 0.114. The van der Waals surface area contributed by atoms with Crippen LogP contribution in [0.3, 0.4) is 0 Å². The molecule has 0 radical (unpaired) electrons. The highest BCUT2D eigenvalue weighted by molar-refractivity contribution is 7.07. The smallest absolute Gasteiger partial charge is 0.0476 e. The number of piperazine rings is 1. The van der Waals surface area contributed by atoms with Crippen LogP contribution >= 0.6 is 11.3 Å². The van der Waals surface area contributed by atoms with E-state index in [4.69, 9.17) is 0 Å². The highest BCUT2D eigenvalue weighted by Gasteiger charge is 2.27. The maximum atomic E-state index is 3.54. The number of hydrogen-bond donors (Lipinski definition) is 1. The van der Waals surface area contributed by atoms with Crippen molar-refractivity contribution in [3.63, 3.8) is 0 Å². The number of rotatable bonds is 4. The molecule has 1 saturated heterocycles. The predicted octanol–water partition coefficient (Wildman–Crippen LogP) is 3.33. The molecule has 1 fully saturated rings. The Morgan fingerprint density at radius 3 is 2.90 bits per heavy atom. The van der Waals surface area contributed by atoms with Gasteiger partial charge in [-0.2, -0.15) is 11.3 Å². The van der Waals surface area contributed by atoms with E-state index in [9.17, 15) is 0 Å². The second-order valence-electron chi connectivity index (χ2n) is 5.55. The number of nitrogens with one attached hydrogen (secondary N) is 1. The molecule has 3 rings (SSSR count). The van der Waals surface area contributed by atoms with Crippen molar-refractivity contribution in [2.24, 2.45) is 0 Å². The van der Waals surface area contributed by atoms with Gasteiger partial charge in [0, 0.05) is 31.7 Å². The van der Waals surface area contributed by atoms with Crippen LogP contribution in [-0.4, -0.2) is 30.6 Å². The third-order valence-electron chi connectivity index (χ3n) is 4.15. The van der Waals surface area contributed by atoms with Gasteiger partial charge in [0.2, 0.25) is 0 Å². The molecule has 2 unspecified atom stereocenters. The van der Waals surface area contributed by atoms with Gasteiger partial charge in [0.15, 0.2) is 0 Å². The zero-order valence-corrected chi connectivity index (χ0v) is 12.8. The molecular weight excluding hydrogens is 264 g/mol. The molecule has 0 bridgehead atoms. The van der Waals surface area contributed by atoms with Crippen molar-refractivity contribution in [2.45, 2.75) is 25.4 Å². The van der Waals surface area contributed by atoms with Crippen molar-refractivity contribution < 1.29 is 0 Å². The first-order valence-corrected chi connectivity index (χ1v) is 8.31. The van der Waals surface area contributed by atoms with Crippen LogP contribution in [-0.2, 0) is 6.42 Å². The quantitative estimate of drug-likeness (QED) is 0.927. The molecular formula is C17H22N2S. The van der Waals surface area contributed by atoms with E-state index in [1.807, 2.05) is 0 Å². The van der Waals surface area contributed by atoms with Crippen LogP contribution in [0.5, 0.6) is 0 Å². The van der Waals surface area contributed by atoms with Crippen molar-refractivity contribution in [2.75, 3.05) is 19.6 Å². The normalized spacial score (nSPS) is 21.8. The van der Waals surface area contributed by atoms with Crippen LogP contribution in [0.1, 0.15) is 24.1 Å². The molecule has 106 valence electrons. The van der Waals surface area contributed by atoms with E-state index in [0.717, 1.165) is 26.1 Å². The van der Waals surface area contributed by atoms with E-state index < -0.39 is 0 Å². The summed E-state index contributed by atoms with van der Waals surface area (Å²) in [6, 6.07) is 14.2. The molecule has 2 atom stereocenters. The first-order valence-electron chi connectivity index (χ1n) is 7.37. The SMILES string of the molecule is CC(Cc1ccsc1)N1CCNCC1c1ccccc1. The van der Waals surface area contributed by atoms with Gasteiger partial charge in [-0.15, -0.1) is 0 Å². The van der Waals surface area contributed by atoms with Gasteiger partial charge in [-0.1, -0.05) is 30.3 Å². The topological polar surface area (TPSA) is 15.3 Å². The molecule has 20 heavy (non-hydrogen) atoms. The summed E-state index contributed by atoms with van der Waals surface area (Å²) in [7, 11) is 0. The van der Waals surface area contributed by atoms with Gasteiger partial charge in [0.05, 0.1) is 0 Å². The Balaban J connectivity index is 1.75. The summed E-state index contributed by atoms with van der Waals surface area (Å²) in [5.74, 6) is 0. The van der Waals surface area contributed by atoms with Gasteiger partial charge in [0.25, 0.3) is 0 Å². The van der Waals surface area contributed by atoms with Crippen molar-refractivity contribution in [3.8, 4) is 0 Å². The maximum Gasteiger partial charge on any atom is 0.0476 e. The lowest BCUT2D eigenvalue weighted by Gasteiger charge is -2.40. The molecule has 2 nitrogen and oxygen atoms in total. The average molecular weight is 286 g/mol. The maximum absolute atomic E-state index is 3.54. The minimum Gasteiger partial charge on any atom is -0.314 e. The van der Waals surface area contributed by atoms with Crippen LogP contribution in [0, 0.1) is 0 Å². The number of nitrogens with zero attached hydrogens (tertiary/aromatic N) is 1. The van der Waals surface area contributed by atoms with Crippen LogP contribution in [0.15, 0.2) is 47.2 Å². The van der Waals surface area contributed by atoms with Gasteiger partial charge < -0.3 is 5.32 Å². The Morgan fingerprint density at radius 2 is 2.15 bits per heavy atom. The summed E-state index contributed by atoms with van der Waals surface area (Å²) in [5.41, 5.74) is 2.89. The highest BCUT2D eigenvalue weighted by Crippen LogP contribution is 2.25. The third kappa shape index (κ3) is 3.11. The fourth-order valence-electron chi connectivity index (χ4n) is 3.10. The summed E-state index contributed by atoms with van der Waals surface area (Å²) in [6.45, 7) is 5.64. The number of hydrogen-bond acceptors (Lipinski definition) is 3. The Hall–Kier alpha value is -1.16. The monoisotopic (exact) mass is 286 g/mol. The summed E-state index contributed by atoms with van der Waals surface area (Å²) in [4.78, 5) is 2.66. The molecule has 0 saturated carbocycles. The van der Waals surface area contributed by atoms with Crippen molar-refractivity contribution in [1.82, 2.24) is 10.2 Å². The molecule has 1 N–H and O–H groups in total. The van der Waals surface area contributed by atoms with Crippen molar-refractivity contribution in [3.05, 3.63) is 58.3 Å². The molecule has 3 heteroatoms. The zero-order valence-electron chi connectivity index (χ0n) is 12.0. The molecule has 1 aliphatic rings. The van der Waals surface area contributed by atoms with Gasteiger partial charge in [-0.05, 0) is 41.3 Å². The minimum atomic E-state index is 0.499.